The van der Waals surface area contributed by atoms with Gasteiger partial charge in [-0.3, -0.25) is 34.9 Å². The summed E-state index contributed by atoms with van der Waals surface area (Å²) in [4.78, 5) is 74.0. The van der Waals surface area contributed by atoms with Crippen LogP contribution in [0, 0.1) is 23.2 Å². The first-order valence-corrected chi connectivity index (χ1v) is 24.8. The Kier molecular flexibility index (Phi) is 16.6. The molecule has 0 radical (unpaired) electrons. The largest absolute Gasteiger partial charge is 0.495 e. The zero-order chi connectivity index (χ0) is 49.2. The molecule has 2 fully saturated rings. The molecule has 18 nitrogen and oxygen atoms in total. The number of likely N-dealkylation sites (tertiary alicyclic amines) is 1. The fourth-order valence-corrected chi connectivity index (χ4v) is 10.1. The number of amidine groups is 1. The van der Waals surface area contributed by atoms with Crippen molar-refractivity contribution < 1.29 is 28.7 Å². The highest BCUT2D eigenvalue weighted by Gasteiger charge is 2.43. The Morgan fingerprint density at radius 3 is 2.45 bits per heavy atom. The van der Waals surface area contributed by atoms with E-state index in [0.29, 0.717) is 92.0 Å². The van der Waals surface area contributed by atoms with Crippen molar-refractivity contribution in [3.8, 4) is 16.2 Å². The zero-order valence-corrected chi connectivity index (χ0v) is 41.3. The van der Waals surface area contributed by atoms with Gasteiger partial charge in [0.05, 0.1) is 47.5 Å². The van der Waals surface area contributed by atoms with E-state index in [1.54, 1.807) is 40.6 Å². The number of unbranched alkanes of at least 4 members (excludes halogenated alkanes) is 1. The number of hydrogen-bond donors (Lipinski definition) is 6. The van der Waals surface area contributed by atoms with Crippen LogP contribution in [-0.4, -0.2) is 113 Å². The maximum Gasteiger partial charge on any atom is 0.251 e. The maximum absolute atomic E-state index is 14.0. The Morgan fingerprint density at radius 2 is 1.77 bits per heavy atom. The SMILES string of the molecule is CC[C@@H]1C(=N)N(C=N)c2cnc(Nc3ccc(C(=O)NCCCCOCC(=O)N[C@H](C(=O)N4CCC[C@H]4C(=O)NCc4ccc(-c5scnc5C)cc4)C(C)(C)C)cc3OC)nc2N1C1CCCC1. The number of benzene rings is 2. The van der Waals surface area contributed by atoms with Crippen LogP contribution in [0.3, 0.4) is 0 Å². The third-order valence-corrected chi connectivity index (χ3v) is 14.0. The van der Waals surface area contributed by atoms with Gasteiger partial charge in [-0.25, -0.2) is 9.97 Å². The number of hydrogen-bond acceptors (Lipinski definition) is 14. The topological polar surface area (TPSA) is 231 Å². The lowest BCUT2D eigenvalue weighted by atomic mass is 9.85. The lowest BCUT2D eigenvalue weighted by Crippen LogP contribution is -2.58. The molecule has 0 unspecified atom stereocenters. The van der Waals surface area contributed by atoms with E-state index in [1.165, 1.54) is 12.0 Å². The highest BCUT2D eigenvalue weighted by atomic mass is 32.1. The van der Waals surface area contributed by atoms with Gasteiger partial charge in [0, 0.05) is 37.8 Å². The molecule has 2 aromatic carbocycles. The summed E-state index contributed by atoms with van der Waals surface area (Å²) in [5, 5.41) is 29.0. The van der Waals surface area contributed by atoms with Crippen LogP contribution >= 0.6 is 11.3 Å². The molecule has 0 spiro atoms. The van der Waals surface area contributed by atoms with Crippen LogP contribution in [0.5, 0.6) is 5.75 Å². The quantitative estimate of drug-likeness (QED) is 0.0300. The number of anilines is 4. The van der Waals surface area contributed by atoms with Crippen LogP contribution in [0.1, 0.15) is 107 Å². The van der Waals surface area contributed by atoms with Crippen molar-refractivity contribution >= 4 is 70.3 Å². The Hall–Kier alpha value is -6.47. The summed E-state index contributed by atoms with van der Waals surface area (Å²) in [6, 6.07) is 11.6. The number of amides is 4. The highest BCUT2D eigenvalue weighted by Crippen LogP contribution is 2.41. The third-order valence-electron chi connectivity index (χ3n) is 13.0. The summed E-state index contributed by atoms with van der Waals surface area (Å²) in [5.74, 6) is 0.565. The summed E-state index contributed by atoms with van der Waals surface area (Å²) in [6.07, 6.45) is 10.2. The summed E-state index contributed by atoms with van der Waals surface area (Å²) >= 11 is 1.59. The van der Waals surface area contributed by atoms with Gasteiger partial charge in [-0.05, 0) is 86.6 Å². The van der Waals surface area contributed by atoms with E-state index < -0.39 is 23.4 Å². The number of carbonyl (C=O) groups excluding carboxylic acids is 4. The van der Waals surface area contributed by atoms with Crippen LogP contribution < -0.4 is 35.8 Å². The molecule has 19 heteroatoms. The van der Waals surface area contributed by atoms with Crippen LogP contribution in [0.15, 0.2) is 54.2 Å². The average Bonchev–Trinajstić information content (AvgIpc) is 4.15. The molecule has 6 N–H and O–H groups in total. The molecule has 1 saturated heterocycles. The molecule has 0 bridgehead atoms. The van der Waals surface area contributed by atoms with E-state index in [9.17, 15) is 19.2 Å². The molecule has 3 aliphatic rings. The standard InChI is InChI=1S/C50H66N12O6S/c1-7-37-44(52)61(29-51)39-27-55-49(59-45(39)62(37)35-13-8-9-14-35)57-36-21-20-34(25-40(36)67-6)46(64)53-22-10-11-24-68-28-41(63)58-43(50(3,4)5)48(66)60-23-12-15-38(60)47(65)54-26-32-16-18-33(19-17-32)42-31(2)56-30-69-42/h16-21,25,27,29-30,35,37-38,43,51-52H,7-15,22-24,26,28H2,1-6H3,(H,53,64)(H,54,65)(H,58,63)(H,55,57,59)/t37-,38+,43-/m1/s1. The number of methoxy groups -OCH3 is 1. The van der Waals surface area contributed by atoms with Gasteiger partial charge in [0.25, 0.3) is 5.91 Å². The number of nitrogens with zero attached hydrogens (tertiary/aromatic N) is 6. The third kappa shape index (κ3) is 11.9. The molecule has 69 heavy (non-hydrogen) atoms. The van der Waals surface area contributed by atoms with E-state index in [2.05, 4.69) is 36.1 Å². The number of ether oxygens (including phenoxy) is 2. The highest BCUT2D eigenvalue weighted by molar-refractivity contribution is 7.13. The van der Waals surface area contributed by atoms with E-state index in [-0.39, 0.29) is 43.0 Å². The minimum absolute atomic E-state index is 0.208. The van der Waals surface area contributed by atoms with Gasteiger partial charge in [0.15, 0.2) is 5.82 Å². The van der Waals surface area contributed by atoms with Gasteiger partial charge in [-0.1, -0.05) is 64.8 Å². The van der Waals surface area contributed by atoms with Crippen LogP contribution in [0.4, 0.5) is 23.1 Å². The number of carbonyl (C=O) groups is 4. The first-order chi connectivity index (χ1) is 33.2. The lowest BCUT2D eigenvalue weighted by molar-refractivity contribution is -0.144. The molecule has 4 heterocycles. The van der Waals surface area contributed by atoms with Crippen molar-refractivity contribution in [3.05, 3.63) is 71.0 Å². The second-order valence-electron chi connectivity index (χ2n) is 18.8. The molecule has 4 aromatic rings. The van der Waals surface area contributed by atoms with Gasteiger partial charge >= 0.3 is 0 Å². The van der Waals surface area contributed by atoms with E-state index in [0.717, 1.165) is 53.7 Å². The van der Waals surface area contributed by atoms with Crippen LogP contribution in [0.2, 0.25) is 0 Å². The molecule has 1 saturated carbocycles. The Bertz CT molecular complexity index is 2490. The monoisotopic (exact) mass is 962 g/mol. The van der Waals surface area contributed by atoms with Gasteiger partial charge in [-0.2, -0.15) is 4.98 Å². The summed E-state index contributed by atoms with van der Waals surface area (Å²) in [5.41, 5.74) is 5.78. The summed E-state index contributed by atoms with van der Waals surface area (Å²) < 4.78 is 11.3. The number of thiazole rings is 1. The van der Waals surface area contributed by atoms with Crippen molar-refractivity contribution in [1.82, 2.24) is 35.8 Å². The van der Waals surface area contributed by atoms with Gasteiger partial charge in [0.2, 0.25) is 23.7 Å². The fraction of sp³-hybridized carbons (Fsp3) is 0.500. The number of aromatic nitrogens is 3. The van der Waals surface area contributed by atoms with Gasteiger partial charge < -0.3 is 40.5 Å². The summed E-state index contributed by atoms with van der Waals surface area (Å²) in [6.45, 7) is 10.9. The normalized spacial score (nSPS) is 17.6. The van der Waals surface area contributed by atoms with Gasteiger partial charge in [-0.15, -0.1) is 11.3 Å². The number of nitrogens with one attached hydrogen (secondary N) is 6. The number of rotatable bonds is 20. The predicted molar refractivity (Wildman–Crippen MR) is 269 cm³/mol. The lowest BCUT2D eigenvalue weighted by Gasteiger charge is -2.44. The van der Waals surface area contributed by atoms with Crippen LogP contribution in [-0.2, 0) is 25.7 Å². The smallest absolute Gasteiger partial charge is 0.251 e. The molecular formula is C50H66N12O6S. The Labute approximate surface area is 408 Å². The molecule has 2 aliphatic heterocycles. The Balaban J connectivity index is 0.844. The van der Waals surface area contributed by atoms with E-state index in [1.807, 2.05) is 64.4 Å². The molecular weight excluding hydrogens is 897 g/mol. The van der Waals surface area contributed by atoms with Crippen LogP contribution in [0.25, 0.3) is 10.4 Å². The van der Waals surface area contributed by atoms with Gasteiger partial charge in [0.1, 0.15) is 36.0 Å². The fourth-order valence-electron chi connectivity index (χ4n) is 9.33. The van der Waals surface area contributed by atoms with E-state index >= 15 is 0 Å². The van der Waals surface area contributed by atoms with Crippen molar-refractivity contribution in [2.75, 3.05) is 48.5 Å². The number of aryl methyl sites for hydroxylation is 1. The molecule has 7 rings (SSSR count). The zero-order valence-electron chi connectivity index (χ0n) is 40.5. The maximum atomic E-state index is 14.0. The second kappa shape index (κ2) is 22.8. The predicted octanol–water partition coefficient (Wildman–Crippen LogP) is 6.96. The van der Waals surface area contributed by atoms with Crippen molar-refractivity contribution in [2.24, 2.45) is 5.41 Å². The molecule has 1 aliphatic carbocycles. The van der Waals surface area contributed by atoms with Crippen molar-refractivity contribution in [1.29, 1.82) is 10.8 Å². The summed E-state index contributed by atoms with van der Waals surface area (Å²) in [7, 11) is 1.52. The first-order valence-electron chi connectivity index (χ1n) is 23.9. The molecule has 368 valence electrons. The van der Waals surface area contributed by atoms with Crippen molar-refractivity contribution in [2.45, 2.75) is 123 Å². The molecule has 4 amide bonds. The van der Waals surface area contributed by atoms with Crippen molar-refractivity contribution in [3.63, 3.8) is 0 Å². The second-order valence-corrected chi connectivity index (χ2v) is 19.7. The molecule has 2 aromatic heterocycles. The minimum Gasteiger partial charge on any atom is -0.495 e. The van der Waals surface area contributed by atoms with E-state index in [4.69, 9.17) is 25.3 Å². The Morgan fingerprint density at radius 1 is 1.00 bits per heavy atom. The first kappa shape index (κ1) is 50.4. The average molecular weight is 963 g/mol. The minimum atomic E-state index is -0.863. The number of fused-ring (bicyclic) bond motifs is 1. The molecule has 3 atom stereocenters.